The second-order valence-electron chi connectivity index (χ2n) is 4.92. The fourth-order valence-electron chi connectivity index (χ4n) is 2.52. The van der Waals surface area contributed by atoms with Gasteiger partial charge in [-0.3, -0.25) is 9.88 Å². The summed E-state index contributed by atoms with van der Waals surface area (Å²) in [4.78, 5) is 7.03. The van der Waals surface area contributed by atoms with Crippen molar-refractivity contribution in [2.24, 2.45) is 0 Å². The number of halogens is 1. The zero-order valence-corrected chi connectivity index (χ0v) is 11.8. The lowest BCUT2D eigenvalue weighted by atomic mass is 10.1. The molecule has 2 heterocycles. The summed E-state index contributed by atoms with van der Waals surface area (Å²) < 4.78 is 0. The van der Waals surface area contributed by atoms with E-state index in [-0.39, 0.29) is 12.4 Å². The summed E-state index contributed by atoms with van der Waals surface area (Å²) in [6.45, 7) is 5.57. The number of hydrogen-bond donors (Lipinski definition) is 1. The van der Waals surface area contributed by atoms with Crippen LogP contribution in [0.15, 0.2) is 36.5 Å². The van der Waals surface area contributed by atoms with Crippen molar-refractivity contribution in [1.82, 2.24) is 15.2 Å². The molecule has 0 bridgehead atoms. The summed E-state index contributed by atoms with van der Waals surface area (Å²) in [7, 11) is 0. The van der Waals surface area contributed by atoms with Gasteiger partial charge in [0.15, 0.2) is 0 Å². The quantitative estimate of drug-likeness (QED) is 0.914. The molecule has 0 atom stereocenters. The zero-order valence-electron chi connectivity index (χ0n) is 11.0. The molecule has 0 amide bonds. The van der Waals surface area contributed by atoms with Gasteiger partial charge >= 0.3 is 0 Å². The normalized spacial score (nSPS) is 16.8. The molecule has 1 aromatic carbocycles. The molecule has 1 aliphatic heterocycles. The minimum absolute atomic E-state index is 0. The Kier molecular flexibility index (Phi) is 5.14. The van der Waals surface area contributed by atoms with E-state index in [1.165, 1.54) is 23.9 Å². The molecule has 0 aliphatic carbocycles. The molecule has 102 valence electrons. The molecule has 1 fully saturated rings. The number of pyridine rings is 1. The van der Waals surface area contributed by atoms with Gasteiger partial charge < -0.3 is 5.32 Å². The second kappa shape index (κ2) is 6.85. The van der Waals surface area contributed by atoms with Crippen LogP contribution >= 0.6 is 12.4 Å². The van der Waals surface area contributed by atoms with Crippen molar-refractivity contribution < 1.29 is 0 Å². The first-order valence-corrected chi connectivity index (χ1v) is 6.68. The van der Waals surface area contributed by atoms with Crippen LogP contribution in [-0.4, -0.2) is 36.1 Å². The maximum absolute atomic E-state index is 4.53. The van der Waals surface area contributed by atoms with Crippen molar-refractivity contribution in [2.75, 3.05) is 26.2 Å². The number of nitrogens with zero attached hydrogens (tertiary/aromatic N) is 2. The van der Waals surface area contributed by atoms with Gasteiger partial charge in [-0.2, -0.15) is 0 Å². The van der Waals surface area contributed by atoms with Crippen LogP contribution in [0.5, 0.6) is 0 Å². The highest BCUT2D eigenvalue weighted by molar-refractivity contribution is 5.85. The average molecular weight is 278 g/mol. The molecule has 19 heavy (non-hydrogen) atoms. The molecule has 1 N–H and O–H groups in total. The van der Waals surface area contributed by atoms with E-state index in [1.54, 1.807) is 0 Å². The second-order valence-corrected chi connectivity index (χ2v) is 4.92. The van der Waals surface area contributed by atoms with Crippen molar-refractivity contribution in [3.05, 3.63) is 42.1 Å². The van der Waals surface area contributed by atoms with E-state index >= 15 is 0 Å². The van der Waals surface area contributed by atoms with Crippen LogP contribution in [0, 0.1) is 0 Å². The highest BCUT2D eigenvalue weighted by atomic mass is 35.5. The molecule has 0 saturated carbocycles. The Morgan fingerprint density at radius 1 is 1.16 bits per heavy atom. The first-order chi connectivity index (χ1) is 8.92. The van der Waals surface area contributed by atoms with Crippen molar-refractivity contribution in [2.45, 2.75) is 13.0 Å². The Balaban J connectivity index is 0.00000133. The molecule has 3 rings (SSSR count). The van der Waals surface area contributed by atoms with Gasteiger partial charge in [0.05, 0.1) is 5.52 Å². The predicted octanol–water partition coefficient (Wildman–Crippen LogP) is 2.45. The van der Waals surface area contributed by atoms with Gasteiger partial charge in [0.2, 0.25) is 0 Å². The summed E-state index contributed by atoms with van der Waals surface area (Å²) in [6, 6.07) is 10.6. The lowest BCUT2D eigenvalue weighted by Gasteiger charge is -2.19. The van der Waals surface area contributed by atoms with Gasteiger partial charge in [0.25, 0.3) is 0 Å². The van der Waals surface area contributed by atoms with E-state index in [0.29, 0.717) is 0 Å². The van der Waals surface area contributed by atoms with Crippen LogP contribution in [0.4, 0.5) is 0 Å². The smallest absolute Gasteiger partial charge is 0.0702 e. The Morgan fingerprint density at radius 2 is 2.05 bits per heavy atom. The zero-order chi connectivity index (χ0) is 12.2. The molecule has 0 radical (unpaired) electrons. The Labute approximate surface area is 120 Å². The third-order valence-electron chi connectivity index (χ3n) is 3.49. The van der Waals surface area contributed by atoms with Gasteiger partial charge in [-0.05, 0) is 37.2 Å². The molecule has 3 nitrogen and oxygen atoms in total. The fraction of sp³-hybridized carbons (Fsp3) is 0.400. The third-order valence-corrected chi connectivity index (χ3v) is 3.49. The molecule has 1 aromatic heterocycles. The van der Waals surface area contributed by atoms with Gasteiger partial charge in [0, 0.05) is 31.2 Å². The highest BCUT2D eigenvalue weighted by Crippen LogP contribution is 2.14. The topological polar surface area (TPSA) is 28.2 Å². The molecule has 0 spiro atoms. The van der Waals surface area contributed by atoms with E-state index in [0.717, 1.165) is 31.7 Å². The Hall–Kier alpha value is -1.16. The Bertz CT molecular complexity index is 522. The van der Waals surface area contributed by atoms with Gasteiger partial charge in [-0.1, -0.05) is 18.2 Å². The van der Waals surface area contributed by atoms with E-state index in [2.05, 4.69) is 39.5 Å². The standard InChI is InChI=1S/C15H19N3.ClH/c1-2-5-15-14(4-1)10-13(11-17-15)12-18-8-3-6-16-7-9-18;/h1-2,4-5,10-11,16H,3,6-9,12H2;1H. The molecular weight excluding hydrogens is 258 g/mol. The van der Waals surface area contributed by atoms with Crippen LogP contribution in [0.3, 0.4) is 0 Å². The molecule has 2 aromatic rings. The third kappa shape index (κ3) is 3.66. The van der Waals surface area contributed by atoms with Gasteiger partial charge in [-0.25, -0.2) is 0 Å². The van der Waals surface area contributed by atoms with E-state index < -0.39 is 0 Å². The summed E-state index contributed by atoms with van der Waals surface area (Å²) in [5.74, 6) is 0. The number of rotatable bonds is 2. The average Bonchev–Trinajstić information content (AvgIpc) is 2.67. The minimum atomic E-state index is 0. The number of para-hydroxylation sites is 1. The number of hydrogen-bond acceptors (Lipinski definition) is 3. The van der Waals surface area contributed by atoms with Crippen LogP contribution < -0.4 is 5.32 Å². The molecule has 1 aliphatic rings. The van der Waals surface area contributed by atoms with Crippen LogP contribution in [0.2, 0.25) is 0 Å². The van der Waals surface area contributed by atoms with E-state index in [4.69, 9.17) is 0 Å². The number of nitrogens with one attached hydrogen (secondary N) is 1. The van der Waals surface area contributed by atoms with Gasteiger partial charge in [0.1, 0.15) is 0 Å². The lowest BCUT2D eigenvalue weighted by molar-refractivity contribution is 0.284. The molecular formula is C15H20ClN3. The summed E-state index contributed by atoms with van der Waals surface area (Å²) >= 11 is 0. The van der Waals surface area contributed by atoms with Crippen LogP contribution in [0.25, 0.3) is 10.9 Å². The lowest BCUT2D eigenvalue weighted by Crippen LogP contribution is -2.27. The number of benzene rings is 1. The van der Waals surface area contributed by atoms with Gasteiger partial charge in [-0.15, -0.1) is 12.4 Å². The maximum Gasteiger partial charge on any atom is 0.0702 e. The summed E-state index contributed by atoms with van der Waals surface area (Å²) in [5, 5.41) is 4.67. The fourth-order valence-corrected chi connectivity index (χ4v) is 2.52. The van der Waals surface area contributed by atoms with E-state index in [1.807, 2.05) is 12.3 Å². The first-order valence-electron chi connectivity index (χ1n) is 6.68. The molecule has 4 heteroatoms. The molecule has 1 saturated heterocycles. The summed E-state index contributed by atoms with van der Waals surface area (Å²) in [6.07, 6.45) is 3.25. The minimum Gasteiger partial charge on any atom is -0.315 e. The van der Waals surface area contributed by atoms with E-state index in [9.17, 15) is 0 Å². The first kappa shape index (κ1) is 14.3. The number of fused-ring (bicyclic) bond motifs is 1. The predicted molar refractivity (Wildman–Crippen MR) is 81.8 cm³/mol. The summed E-state index contributed by atoms with van der Waals surface area (Å²) in [5.41, 5.74) is 2.40. The van der Waals surface area contributed by atoms with Crippen molar-refractivity contribution in [1.29, 1.82) is 0 Å². The Morgan fingerprint density at radius 3 is 3.00 bits per heavy atom. The highest BCUT2D eigenvalue weighted by Gasteiger charge is 2.09. The van der Waals surface area contributed by atoms with Crippen molar-refractivity contribution >= 4 is 23.3 Å². The van der Waals surface area contributed by atoms with Crippen LogP contribution in [-0.2, 0) is 6.54 Å². The van der Waals surface area contributed by atoms with Crippen molar-refractivity contribution in [3.63, 3.8) is 0 Å². The largest absolute Gasteiger partial charge is 0.315 e. The molecule has 0 unspecified atom stereocenters. The van der Waals surface area contributed by atoms with Crippen molar-refractivity contribution in [3.8, 4) is 0 Å². The van der Waals surface area contributed by atoms with Crippen LogP contribution in [0.1, 0.15) is 12.0 Å². The SMILES string of the molecule is Cl.c1ccc2ncc(CN3CCCNCC3)cc2c1. The maximum atomic E-state index is 4.53. The number of aromatic nitrogens is 1. The monoisotopic (exact) mass is 277 g/mol.